The Bertz CT molecular complexity index is 925. The van der Waals surface area contributed by atoms with Gasteiger partial charge >= 0.3 is 6.03 Å². The van der Waals surface area contributed by atoms with Crippen molar-refractivity contribution in [3.8, 4) is 0 Å². The van der Waals surface area contributed by atoms with E-state index < -0.39 is 47.3 Å². The molecule has 0 radical (unpaired) electrons. The number of primary amides is 1. The van der Waals surface area contributed by atoms with Crippen molar-refractivity contribution in [3.63, 3.8) is 0 Å². The zero-order valence-corrected chi connectivity index (χ0v) is 23.0. The van der Waals surface area contributed by atoms with Crippen LogP contribution in [0.3, 0.4) is 0 Å². The first-order chi connectivity index (χ1) is 17.2. The highest BCUT2D eigenvalue weighted by molar-refractivity contribution is 6.37. The van der Waals surface area contributed by atoms with Gasteiger partial charge in [0.25, 0.3) is 5.91 Å². The van der Waals surface area contributed by atoms with E-state index in [4.69, 9.17) is 5.73 Å². The number of nitrogens with two attached hydrogens (primary N) is 1. The van der Waals surface area contributed by atoms with Crippen LogP contribution >= 0.6 is 0 Å². The van der Waals surface area contributed by atoms with Gasteiger partial charge in [0.1, 0.15) is 12.1 Å². The lowest BCUT2D eigenvalue weighted by atomic mass is 9.80. The Morgan fingerprint density at radius 3 is 2.22 bits per heavy atom. The summed E-state index contributed by atoms with van der Waals surface area (Å²) in [6.07, 6.45) is 3.66. The third kappa shape index (κ3) is 6.61. The molecule has 3 rings (SSSR count). The first-order valence-corrected chi connectivity index (χ1v) is 13.3. The molecular weight excluding hydrogens is 476 g/mol. The number of hydrogen-bond donors (Lipinski definition) is 5. The molecular formula is C26H44N6O5. The van der Waals surface area contributed by atoms with E-state index in [1.165, 1.54) is 0 Å². The second-order valence-electron chi connectivity index (χ2n) is 12.5. The second kappa shape index (κ2) is 11.0. The summed E-state index contributed by atoms with van der Waals surface area (Å²) in [5, 5.41) is 11.4. The molecule has 5 amide bonds. The Hall–Kier alpha value is -2.69. The lowest BCUT2D eigenvalue weighted by Crippen LogP contribution is -2.60. The smallest absolute Gasteiger partial charge is 0.315 e. The fourth-order valence-electron chi connectivity index (χ4n) is 5.82. The molecule has 5 atom stereocenters. The number of carbonyl (C=O) groups is 5. The van der Waals surface area contributed by atoms with E-state index in [1.54, 1.807) is 11.9 Å². The van der Waals surface area contributed by atoms with E-state index in [2.05, 4.69) is 35.1 Å². The molecule has 0 aromatic heterocycles. The SMILES string of the molecule is CNCC[C@H](NC(=O)NC(C)(C)C)C(=O)N1C[C@H]2[C@@H]([C@H]1C(=O)NC(CC1CCC1)C(=O)C(N)=O)C2(C)C. The zero-order valence-electron chi connectivity index (χ0n) is 23.0. The van der Waals surface area contributed by atoms with E-state index in [0.29, 0.717) is 25.9 Å². The fourth-order valence-corrected chi connectivity index (χ4v) is 5.82. The number of hydrogen-bond acceptors (Lipinski definition) is 6. The lowest BCUT2D eigenvalue weighted by Gasteiger charge is -2.35. The van der Waals surface area contributed by atoms with Gasteiger partial charge in [0.05, 0.1) is 6.04 Å². The van der Waals surface area contributed by atoms with Gasteiger partial charge in [-0.1, -0.05) is 33.1 Å². The van der Waals surface area contributed by atoms with E-state index in [1.807, 2.05) is 20.8 Å². The molecule has 2 saturated carbocycles. The van der Waals surface area contributed by atoms with Gasteiger partial charge in [0.15, 0.2) is 0 Å². The van der Waals surface area contributed by atoms with E-state index >= 15 is 0 Å². The molecule has 0 spiro atoms. The van der Waals surface area contributed by atoms with Crippen LogP contribution in [0.2, 0.25) is 0 Å². The van der Waals surface area contributed by atoms with E-state index in [0.717, 1.165) is 19.3 Å². The number of amides is 5. The Morgan fingerprint density at radius 1 is 1.05 bits per heavy atom. The Balaban J connectivity index is 1.79. The van der Waals surface area contributed by atoms with E-state index in [9.17, 15) is 24.0 Å². The van der Waals surface area contributed by atoms with Crippen LogP contribution in [0.25, 0.3) is 0 Å². The van der Waals surface area contributed by atoms with Crippen LogP contribution in [-0.2, 0) is 19.2 Å². The molecule has 1 unspecified atom stereocenters. The lowest BCUT2D eigenvalue weighted by molar-refractivity contribution is -0.143. The Morgan fingerprint density at radius 2 is 1.70 bits per heavy atom. The topological polar surface area (TPSA) is 163 Å². The number of rotatable bonds is 11. The Kier molecular flexibility index (Phi) is 8.56. The minimum absolute atomic E-state index is 0.0714. The number of nitrogens with one attached hydrogen (secondary N) is 4. The maximum Gasteiger partial charge on any atom is 0.315 e. The predicted octanol–water partition coefficient (Wildman–Crippen LogP) is 0.275. The zero-order chi connectivity index (χ0) is 27.7. The molecule has 3 fully saturated rings. The van der Waals surface area contributed by atoms with Crippen molar-refractivity contribution in [2.75, 3.05) is 20.1 Å². The first-order valence-electron chi connectivity index (χ1n) is 13.3. The van der Waals surface area contributed by atoms with Gasteiger partial charge < -0.3 is 31.9 Å². The summed E-state index contributed by atoms with van der Waals surface area (Å²) in [6, 6.07) is -3.07. The van der Waals surface area contributed by atoms with Crippen molar-refractivity contribution < 1.29 is 24.0 Å². The minimum Gasteiger partial charge on any atom is -0.363 e. The van der Waals surface area contributed by atoms with Crippen LogP contribution in [0.4, 0.5) is 4.79 Å². The van der Waals surface area contributed by atoms with Crippen LogP contribution in [-0.4, -0.2) is 78.2 Å². The maximum atomic E-state index is 13.7. The number of carbonyl (C=O) groups excluding carboxylic acids is 5. The molecule has 3 aliphatic rings. The quantitative estimate of drug-likeness (QED) is 0.246. The highest BCUT2D eigenvalue weighted by Crippen LogP contribution is 2.64. The average Bonchev–Trinajstić information content (AvgIpc) is 3.08. The predicted molar refractivity (Wildman–Crippen MR) is 138 cm³/mol. The number of piperidine rings is 1. The third-order valence-electron chi connectivity index (χ3n) is 8.20. The number of ketones is 1. The third-order valence-corrected chi connectivity index (χ3v) is 8.20. The summed E-state index contributed by atoms with van der Waals surface area (Å²) in [4.78, 5) is 65.7. The molecule has 0 aromatic carbocycles. The van der Waals surface area contributed by atoms with Gasteiger partial charge in [-0.25, -0.2) is 4.79 Å². The highest BCUT2D eigenvalue weighted by atomic mass is 16.2. The monoisotopic (exact) mass is 520 g/mol. The molecule has 1 aliphatic heterocycles. The molecule has 208 valence electrons. The number of fused-ring (bicyclic) bond motifs is 1. The van der Waals surface area contributed by atoms with Crippen LogP contribution in [0.1, 0.15) is 66.7 Å². The summed E-state index contributed by atoms with van der Waals surface area (Å²) in [5.74, 6) is -2.34. The van der Waals surface area contributed by atoms with Crippen molar-refractivity contribution in [1.29, 1.82) is 0 Å². The second-order valence-corrected chi connectivity index (χ2v) is 12.5. The average molecular weight is 521 g/mol. The van der Waals surface area contributed by atoms with Gasteiger partial charge in [0, 0.05) is 12.1 Å². The summed E-state index contributed by atoms with van der Waals surface area (Å²) in [5.41, 5.74) is 4.66. The molecule has 1 saturated heterocycles. The number of Topliss-reactive ketones (excluding diaryl/α,β-unsaturated/α-hetero) is 1. The van der Waals surface area contributed by atoms with Gasteiger partial charge in [-0.15, -0.1) is 0 Å². The molecule has 11 nitrogen and oxygen atoms in total. The van der Waals surface area contributed by atoms with Crippen molar-refractivity contribution in [2.24, 2.45) is 28.9 Å². The minimum atomic E-state index is -1.07. The molecule has 11 heteroatoms. The number of urea groups is 1. The van der Waals surface area contributed by atoms with Crippen molar-refractivity contribution in [3.05, 3.63) is 0 Å². The largest absolute Gasteiger partial charge is 0.363 e. The first kappa shape index (κ1) is 28.9. The van der Waals surface area contributed by atoms with Gasteiger partial charge in [0.2, 0.25) is 17.6 Å². The summed E-state index contributed by atoms with van der Waals surface area (Å²) < 4.78 is 0. The van der Waals surface area contributed by atoms with Crippen LogP contribution in [0.5, 0.6) is 0 Å². The summed E-state index contributed by atoms with van der Waals surface area (Å²) in [7, 11) is 1.76. The van der Waals surface area contributed by atoms with Crippen LogP contribution < -0.4 is 27.0 Å². The summed E-state index contributed by atoms with van der Waals surface area (Å²) in [6.45, 7) is 10.6. The molecule has 1 heterocycles. The molecule has 37 heavy (non-hydrogen) atoms. The molecule has 6 N–H and O–H groups in total. The molecule has 2 aliphatic carbocycles. The highest BCUT2D eigenvalue weighted by Gasteiger charge is 2.69. The molecule has 0 bridgehead atoms. The van der Waals surface area contributed by atoms with E-state index in [-0.39, 0.29) is 29.1 Å². The number of likely N-dealkylation sites (tertiary alicyclic amines) is 1. The van der Waals surface area contributed by atoms with Crippen LogP contribution in [0.15, 0.2) is 0 Å². The standard InChI is InChI=1S/C26H44N6O5/c1-25(2,3)31-24(37)30-16(10-11-28-6)23(36)32-13-15-18(26(15,4)5)19(32)22(35)29-17(20(33)21(27)34)12-14-8-7-9-14/h14-19,28H,7-13H2,1-6H3,(H2,27,34)(H,29,35)(H2,30,31,37)/t15-,16-,17?,18-,19-/m0/s1. The van der Waals surface area contributed by atoms with Crippen molar-refractivity contribution >= 4 is 29.5 Å². The van der Waals surface area contributed by atoms with Crippen LogP contribution in [0, 0.1) is 23.2 Å². The van der Waals surface area contributed by atoms with Gasteiger partial charge in [-0.05, 0) is 70.4 Å². The number of nitrogens with zero attached hydrogens (tertiary/aromatic N) is 1. The maximum absolute atomic E-state index is 13.7. The van der Waals surface area contributed by atoms with Gasteiger partial charge in [-0.2, -0.15) is 0 Å². The Labute approximate surface area is 219 Å². The summed E-state index contributed by atoms with van der Waals surface area (Å²) >= 11 is 0. The normalized spacial score (nSPS) is 25.8. The van der Waals surface area contributed by atoms with Crippen molar-refractivity contribution in [2.45, 2.75) is 90.4 Å². The fraction of sp³-hybridized carbons (Fsp3) is 0.808. The van der Waals surface area contributed by atoms with Gasteiger partial charge in [-0.3, -0.25) is 19.2 Å². The van der Waals surface area contributed by atoms with Crippen molar-refractivity contribution in [1.82, 2.24) is 26.2 Å². The molecule has 0 aromatic rings.